The molecule has 1 aliphatic rings. The fraction of sp³-hybridized carbons (Fsp3) is 0.450. The molecule has 5 heteroatoms. The Morgan fingerprint density at radius 3 is 2.80 bits per heavy atom. The highest BCUT2D eigenvalue weighted by Crippen LogP contribution is 2.25. The molecule has 1 N–H and O–H groups in total. The highest BCUT2D eigenvalue weighted by molar-refractivity contribution is 5.95. The third kappa shape index (κ3) is 4.30. The van der Waals surface area contributed by atoms with Crippen molar-refractivity contribution in [1.82, 2.24) is 9.80 Å². The van der Waals surface area contributed by atoms with E-state index in [2.05, 4.69) is 0 Å². The molecule has 2 aromatic rings. The molecule has 0 spiro atoms. The zero-order chi connectivity index (χ0) is 17.9. The van der Waals surface area contributed by atoms with E-state index in [9.17, 15) is 9.90 Å². The number of likely N-dealkylation sites (tertiary alicyclic amines) is 1. The third-order valence-electron chi connectivity index (χ3n) is 4.73. The SMILES string of the molecule is CN(C)C[C@@]1(O)CCCN(C(=O)c2cccc(-c3ccco3)c2)CC1. The first kappa shape index (κ1) is 17.7. The standard InChI is InChI=1S/C20H26N2O3/c1-21(2)15-20(24)9-5-11-22(12-10-20)19(23)17-7-3-6-16(14-17)18-8-4-13-25-18/h3-4,6-8,13-14,24H,5,9-12,15H2,1-2H3/t20-/m1/s1. The zero-order valence-electron chi connectivity index (χ0n) is 14.9. The highest BCUT2D eigenvalue weighted by Gasteiger charge is 2.32. The second-order valence-corrected chi connectivity index (χ2v) is 7.17. The predicted octanol–water partition coefficient (Wildman–Crippen LogP) is 2.87. The molecule has 25 heavy (non-hydrogen) atoms. The molecule has 0 bridgehead atoms. The van der Waals surface area contributed by atoms with Crippen molar-refractivity contribution in [3.05, 3.63) is 48.2 Å². The summed E-state index contributed by atoms with van der Waals surface area (Å²) in [7, 11) is 3.93. The Bertz CT molecular complexity index is 711. The Morgan fingerprint density at radius 2 is 2.08 bits per heavy atom. The normalized spacial score (nSPS) is 21.4. The van der Waals surface area contributed by atoms with Crippen LogP contribution in [0.4, 0.5) is 0 Å². The van der Waals surface area contributed by atoms with Crippen LogP contribution in [-0.4, -0.2) is 60.1 Å². The largest absolute Gasteiger partial charge is 0.464 e. The van der Waals surface area contributed by atoms with Gasteiger partial charge < -0.3 is 19.3 Å². The molecule has 3 rings (SSSR count). The fourth-order valence-electron chi connectivity index (χ4n) is 3.56. The molecule has 5 nitrogen and oxygen atoms in total. The number of amides is 1. The second kappa shape index (κ2) is 7.42. The number of benzene rings is 1. The Labute approximate surface area is 148 Å². The summed E-state index contributed by atoms with van der Waals surface area (Å²) >= 11 is 0. The lowest BCUT2D eigenvalue weighted by molar-refractivity contribution is 0.00305. The van der Waals surface area contributed by atoms with Crippen molar-refractivity contribution in [2.24, 2.45) is 0 Å². The molecule has 2 heterocycles. The van der Waals surface area contributed by atoms with Crippen molar-refractivity contribution in [3.8, 4) is 11.3 Å². The van der Waals surface area contributed by atoms with Crippen LogP contribution < -0.4 is 0 Å². The summed E-state index contributed by atoms with van der Waals surface area (Å²) in [4.78, 5) is 16.8. The van der Waals surface area contributed by atoms with Gasteiger partial charge in [0.15, 0.2) is 0 Å². The van der Waals surface area contributed by atoms with E-state index >= 15 is 0 Å². The minimum absolute atomic E-state index is 0.0162. The van der Waals surface area contributed by atoms with Crippen LogP contribution in [-0.2, 0) is 0 Å². The topological polar surface area (TPSA) is 56.9 Å². The summed E-state index contributed by atoms with van der Waals surface area (Å²) in [5.41, 5.74) is 0.843. The molecule has 1 saturated heterocycles. The molecule has 0 unspecified atom stereocenters. The van der Waals surface area contributed by atoms with Crippen molar-refractivity contribution < 1.29 is 14.3 Å². The minimum atomic E-state index is -0.714. The average Bonchev–Trinajstić information content (AvgIpc) is 3.05. The Balaban J connectivity index is 1.72. The molecule has 1 fully saturated rings. The maximum absolute atomic E-state index is 12.9. The third-order valence-corrected chi connectivity index (χ3v) is 4.73. The molecule has 1 aromatic heterocycles. The average molecular weight is 342 g/mol. The molecule has 1 atom stereocenters. The van der Waals surface area contributed by atoms with Crippen LogP contribution in [0.15, 0.2) is 47.1 Å². The minimum Gasteiger partial charge on any atom is -0.464 e. The van der Waals surface area contributed by atoms with Gasteiger partial charge in [0.2, 0.25) is 0 Å². The van der Waals surface area contributed by atoms with Crippen molar-refractivity contribution in [3.63, 3.8) is 0 Å². The molecule has 0 aliphatic carbocycles. The number of carbonyl (C=O) groups is 1. The quantitative estimate of drug-likeness (QED) is 0.928. The van der Waals surface area contributed by atoms with Gasteiger partial charge >= 0.3 is 0 Å². The number of furan rings is 1. The molecular formula is C20H26N2O3. The number of hydrogen-bond donors (Lipinski definition) is 1. The van der Waals surface area contributed by atoms with E-state index in [0.29, 0.717) is 31.6 Å². The van der Waals surface area contributed by atoms with E-state index in [1.165, 1.54) is 0 Å². The lowest BCUT2D eigenvalue weighted by Gasteiger charge is -2.30. The summed E-state index contributed by atoms with van der Waals surface area (Å²) < 4.78 is 5.42. The van der Waals surface area contributed by atoms with Crippen LogP contribution in [0.1, 0.15) is 29.6 Å². The number of carbonyl (C=O) groups excluding carboxylic acids is 1. The Morgan fingerprint density at radius 1 is 1.24 bits per heavy atom. The van der Waals surface area contributed by atoms with Gasteiger partial charge in [-0.05, 0) is 57.6 Å². The van der Waals surface area contributed by atoms with Gasteiger partial charge in [0.1, 0.15) is 5.76 Å². The lowest BCUT2D eigenvalue weighted by atomic mass is 9.94. The van der Waals surface area contributed by atoms with Crippen LogP contribution in [0, 0.1) is 0 Å². The number of nitrogens with zero attached hydrogens (tertiary/aromatic N) is 2. The maximum Gasteiger partial charge on any atom is 0.253 e. The van der Waals surface area contributed by atoms with Gasteiger partial charge in [0, 0.05) is 30.8 Å². The Hall–Kier alpha value is -2.11. The number of hydrogen-bond acceptors (Lipinski definition) is 4. The monoisotopic (exact) mass is 342 g/mol. The van der Waals surface area contributed by atoms with E-state index < -0.39 is 5.60 Å². The first-order valence-corrected chi connectivity index (χ1v) is 8.77. The highest BCUT2D eigenvalue weighted by atomic mass is 16.3. The first-order chi connectivity index (χ1) is 12.0. The molecule has 1 amide bonds. The van der Waals surface area contributed by atoms with E-state index in [0.717, 1.165) is 24.2 Å². The van der Waals surface area contributed by atoms with Crippen molar-refractivity contribution in [2.75, 3.05) is 33.7 Å². The summed E-state index contributed by atoms with van der Waals surface area (Å²) in [6.45, 7) is 1.89. The fourth-order valence-corrected chi connectivity index (χ4v) is 3.56. The Kier molecular flexibility index (Phi) is 5.25. The smallest absolute Gasteiger partial charge is 0.253 e. The van der Waals surface area contributed by atoms with Gasteiger partial charge in [-0.2, -0.15) is 0 Å². The van der Waals surface area contributed by atoms with E-state index in [-0.39, 0.29) is 5.91 Å². The van der Waals surface area contributed by atoms with Crippen molar-refractivity contribution in [1.29, 1.82) is 0 Å². The molecule has 0 radical (unpaired) electrons. The van der Waals surface area contributed by atoms with Gasteiger partial charge in [-0.1, -0.05) is 12.1 Å². The van der Waals surface area contributed by atoms with Crippen LogP contribution in [0.25, 0.3) is 11.3 Å². The number of likely N-dealkylation sites (N-methyl/N-ethyl adjacent to an activating group) is 1. The maximum atomic E-state index is 12.9. The van der Waals surface area contributed by atoms with Crippen molar-refractivity contribution >= 4 is 5.91 Å². The van der Waals surface area contributed by atoms with Gasteiger partial charge in [-0.15, -0.1) is 0 Å². The van der Waals surface area contributed by atoms with Gasteiger partial charge in [0.05, 0.1) is 11.9 Å². The molecule has 134 valence electrons. The van der Waals surface area contributed by atoms with Crippen LogP contribution in [0.3, 0.4) is 0 Å². The molecular weight excluding hydrogens is 316 g/mol. The second-order valence-electron chi connectivity index (χ2n) is 7.17. The molecule has 1 aromatic carbocycles. The van der Waals surface area contributed by atoms with Crippen LogP contribution in [0.2, 0.25) is 0 Å². The lowest BCUT2D eigenvalue weighted by Crippen LogP contribution is -2.41. The van der Waals surface area contributed by atoms with Crippen LogP contribution >= 0.6 is 0 Å². The zero-order valence-corrected chi connectivity index (χ0v) is 14.9. The van der Waals surface area contributed by atoms with E-state index in [1.54, 1.807) is 6.26 Å². The summed E-state index contributed by atoms with van der Waals surface area (Å²) in [5.74, 6) is 0.772. The van der Waals surface area contributed by atoms with Crippen molar-refractivity contribution in [2.45, 2.75) is 24.9 Å². The number of aliphatic hydroxyl groups is 1. The van der Waals surface area contributed by atoms with Crippen LogP contribution in [0.5, 0.6) is 0 Å². The van der Waals surface area contributed by atoms with Gasteiger partial charge in [-0.25, -0.2) is 0 Å². The predicted molar refractivity (Wildman–Crippen MR) is 97.4 cm³/mol. The van der Waals surface area contributed by atoms with E-state index in [4.69, 9.17) is 4.42 Å². The number of rotatable bonds is 4. The molecule has 0 saturated carbocycles. The molecule has 1 aliphatic heterocycles. The summed E-state index contributed by atoms with van der Waals surface area (Å²) in [5, 5.41) is 10.8. The van der Waals surface area contributed by atoms with E-state index in [1.807, 2.05) is 60.3 Å². The van der Waals surface area contributed by atoms with Gasteiger partial charge in [-0.3, -0.25) is 4.79 Å². The first-order valence-electron chi connectivity index (χ1n) is 8.77. The summed E-state index contributed by atoms with van der Waals surface area (Å²) in [6, 6.07) is 11.3. The summed E-state index contributed by atoms with van der Waals surface area (Å²) in [6.07, 6.45) is 3.77. The van der Waals surface area contributed by atoms with Gasteiger partial charge in [0.25, 0.3) is 5.91 Å².